The second-order valence-electron chi connectivity index (χ2n) is 5.52. The molecule has 0 unspecified atom stereocenters. The number of carbonyl (C=O) groups excluding carboxylic acids is 1. The van der Waals surface area contributed by atoms with Crippen LogP contribution in [0.2, 0.25) is 0 Å². The number of alkyl halides is 2. The minimum Gasteiger partial charge on any atom is -0.493 e. The first kappa shape index (κ1) is 20.4. The fourth-order valence-electron chi connectivity index (χ4n) is 2.45. The Balaban J connectivity index is 2.25. The molecule has 0 fully saturated rings. The van der Waals surface area contributed by atoms with Crippen LogP contribution in [0.4, 0.5) is 14.5 Å². The molecule has 0 atom stereocenters. The van der Waals surface area contributed by atoms with E-state index in [9.17, 15) is 13.6 Å². The summed E-state index contributed by atoms with van der Waals surface area (Å²) in [5.41, 5.74) is 1.81. The van der Waals surface area contributed by atoms with E-state index in [2.05, 4.69) is 15.4 Å². The summed E-state index contributed by atoms with van der Waals surface area (Å²) in [5, 5.41) is 5.98. The zero-order chi connectivity index (χ0) is 19.8. The number of halogens is 2. The number of hydrogen-bond acceptors (Lipinski definition) is 5. The maximum absolute atomic E-state index is 12.6. The summed E-state index contributed by atoms with van der Waals surface area (Å²) in [6.45, 7) is 0.477. The van der Waals surface area contributed by atoms with Crippen molar-refractivity contribution in [3.05, 3.63) is 47.5 Å². The lowest BCUT2D eigenvalue weighted by Crippen LogP contribution is -2.14. The predicted molar refractivity (Wildman–Crippen MR) is 98.0 cm³/mol. The molecule has 0 aromatic heterocycles. The first-order valence-electron chi connectivity index (χ1n) is 8.30. The lowest BCUT2D eigenvalue weighted by atomic mass is 10.1. The van der Waals surface area contributed by atoms with Crippen molar-refractivity contribution in [1.29, 1.82) is 0 Å². The third kappa shape index (κ3) is 5.55. The molecule has 0 aliphatic carbocycles. The summed E-state index contributed by atoms with van der Waals surface area (Å²) in [7, 11) is 2.58. The highest BCUT2D eigenvalue weighted by atomic mass is 19.3. The molecular weight excluding hydrogens is 358 g/mol. The van der Waals surface area contributed by atoms with E-state index in [0.29, 0.717) is 12.2 Å². The van der Waals surface area contributed by atoms with Crippen LogP contribution in [0.3, 0.4) is 0 Å². The largest absolute Gasteiger partial charge is 0.493 e. The zero-order valence-electron chi connectivity index (χ0n) is 15.3. The van der Waals surface area contributed by atoms with E-state index in [0.717, 1.165) is 12.1 Å². The first-order chi connectivity index (χ1) is 13.0. The number of carbonyl (C=O) groups is 1. The quantitative estimate of drug-likeness (QED) is 0.695. The summed E-state index contributed by atoms with van der Waals surface area (Å²) in [6.07, 6.45) is 0. The molecule has 6 nitrogen and oxygen atoms in total. The summed E-state index contributed by atoms with van der Waals surface area (Å²) in [6, 6.07) is 10.0. The number of amides is 1. The van der Waals surface area contributed by atoms with Gasteiger partial charge in [-0.1, -0.05) is 19.1 Å². The minimum absolute atomic E-state index is 0.0271. The molecule has 146 valence electrons. The number of hydrogen-bond donors (Lipinski definition) is 2. The minimum atomic E-state index is -3.05. The SMILES string of the molecule is CCNCc1cccc(NC(=O)c2cc(OC)c(OC(F)F)c(OC)c2)c1. The maximum atomic E-state index is 12.6. The van der Waals surface area contributed by atoms with E-state index in [1.54, 1.807) is 6.07 Å². The van der Waals surface area contributed by atoms with Crippen molar-refractivity contribution in [2.24, 2.45) is 0 Å². The number of rotatable bonds is 9. The van der Waals surface area contributed by atoms with E-state index >= 15 is 0 Å². The Kier molecular flexibility index (Phi) is 7.36. The van der Waals surface area contributed by atoms with Crippen LogP contribution in [0.1, 0.15) is 22.8 Å². The molecule has 0 radical (unpaired) electrons. The number of nitrogens with one attached hydrogen (secondary N) is 2. The molecule has 0 aliphatic heterocycles. The van der Waals surface area contributed by atoms with Crippen molar-refractivity contribution < 1.29 is 27.8 Å². The Morgan fingerprint density at radius 2 is 1.78 bits per heavy atom. The lowest BCUT2D eigenvalue weighted by Gasteiger charge is -2.15. The van der Waals surface area contributed by atoms with Gasteiger partial charge < -0.3 is 24.8 Å². The summed E-state index contributed by atoms with van der Waals surface area (Å²) in [5.74, 6) is -0.753. The van der Waals surface area contributed by atoms with Crippen LogP contribution in [0.25, 0.3) is 0 Å². The van der Waals surface area contributed by atoms with E-state index in [1.165, 1.54) is 26.4 Å². The molecule has 27 heavy (non-hydrogen) atoms. The van der Waals surface area contributed by atoms with Gasteiger partial charge in [-0.25, -0.2) is 0 Å². The Morgan fingerprint density at radius 1 is 1.11 bits per heavy atom. The molecule has 0 saturated heterocycles. The van der Waals surface area contributed by atoms with E-state index in [4.69, 9.17) is 9.47 Å². The number of ether oxygens (including phenoxy) is 3. The topological polar surface area (TPSA) is 68.8 Å². The predicted octanol–water partition coefficient (Wildman–Crippen LogP) is 3.67. The first-order valence-corrected chi connectivity index (χ1v) is 8.30. The highest BCUT2D eigenvalue weighted by Gasteiger charge is 2.20. The van der Waals surface area contributed by atoms with Crippen LogP contribution in [-0.4, -0.2) is 33.3 Å². The summed E-state index contributed by atoms with van der Waals surface area (Å²) < 4.78 is 39.8. The van der Waals surface area contributed by atoms with E-state index in [-0.39, 0.29) is 22.8 Å². The van der Waals surface area contributed by atoms with Crippen molar-refractivity contribution in [2.45, 2.75) is 20.1 Å². The summed E-state index contributed by atoms with van der Waals surface area (Å²) >= 11 is 0. The van der Waals surface area contributed by atoms with E-state index in [1.807, 2.05) is 25.1 Å². The standard InChI is InChI=1S/C19H22F2N2O4/c1-4-22-11-12-6-5-7-14(8-12)23-18(24)13-9-15(25-2)17(27-19(20)21)16(10-13)26-3/h5-10,19,22H,4,11H2,1-3H3,(H,23,24). The molecule has 0 heterocycles. The van der Waals surface area contributed by atoms with Crippen molar-refractivity contribution in [3.8, 4) is 17.2 Å². The van der Waals surface area contributed by atoms with Crippen LogP contribution in [0.5, 0.6) is 17.2 Å². The van der Waals surface area contributed by atoms with Gasteiger partial charge in [0.05, 0.1) is 14.2 Å². The maximum Gasteiger partial charge on any atom is 0.387 e. The van der Waals surface area contributed by atoms with Crippen LogP contribution in [0.15, 0.2) is 36.4 Å². The van der Waals surface area contributed by atoms with Crippen LogP contribution in [0, 0.1) is 0 Å². The lowest BCUT2D eigenvalue weighted by molar-refractivity contribution is -0.0526. The molecule has 2 aromatic rings. The fourth-order valence-corrected chi connectivity index (χ4v) is 2.45. The Morgan fingerprint density at radius 3 is 2.33 bits per heavy atom. The molecule has 2 aromatic carbocycles. The van der Waals surface area contributed by atoms with Crippen LogP contribution in [-0.2, 0) is 6.54 Å². The molecule has 8 heteroatoms. The highest BCUT2D eigenvalue weighted by Crippen LogP contribution is 2.39. The van der Waals surface area contributed by atoms with Crippen LogP contribution >= 0.6 is 0 Å². The van der Waals surface area contributed by atoms with Crippen molar-refractivity contribution in [1.82, 2.24) is 5.32 Å². The van der Waals surface area contributed by atoms with Crippen LogP contribution < -0.4 is 24.8 Å². The molecule has 0 saturated carbocycles. The van der Waals surface area contributed by atoms with Gasteiger partial charge in [0.25, 0.3) is 5.91 Å². The molecule has 2 rings (SSSR count). The number of benzene rings is 2. The van der Waals surface area contributed by atoms with Crippen molar-refractivity contribution in [3.63, 3.8) is 0 Å². The molecule has 0 aliphatic rings. The number of methoxy groups -OCH3 is 2. The van der Waals surface area contributed by atoms with Gasteiger partial charge in [0.2, 0.25) is 5.75 Å². The smallest absolute Gasteiger partial charge is 0.387 e. The average molecular weight is 380 g/mol. The van der Waals surface area contributed by atoms with E-state index < -0.39 is 12.5 Å². The van der Waals surface area contributed by atoms with Gasteiger partial charge >= 0.3 is 6.61 Å². The van der Waals surface area contributed by atoms with Gasteiger partial charge in [0.15, 0.2) is 11.5 Å². The van der Waals surface area contributed by atoms with Gasteiger partial charge in [-0.05, 0) is 36.4 Å². The second-order valence-corrected chi connectivity index (χ2v) is 5.52. The van der Waals surface area contributed by atoms with Gasteiger partial charge in [-0.2, -0.15) is 8.78 Å². The second kappa shape index (κ2) is 9.72. The molecular formula is C19H22F2N2O4. The van der Waals surface area contributed by atoms with Gasteiger partial charge in [0, 0.05) is 17.8 Å². The zero-order valence-corrected chi connectivity index (χ0v) is 15.3. The third-order valence-corrected chi connectivity index (χ3v) is 3.69. The molecule has 0 spiro atoms. The fraction of sp³-hybridized carbons (Fsp3) is 0.316. The van der Waals surface area contributed by atoms with Gasteiger partial charge in [-0.3, -0.25) is 4.79 Å². The Bertz CT molecular complexity index is 759. The van der Waals surface area contributed by atoms with Gasteiger partial charge in [0.1, 0.15) is 0 Å². The monoisotopic (exact) mass is 380 g/mol. The third-order valence-electron chi connectivity index (χ3n) is 3.69. The van der Waals surface area contributed by atoms with Crippen molar-refractivity contribution in [2.75, 3.05) is 26.1 Å². The Hall–Kier alpha value is -2.87. The number of anilines is 1. The molecule has 2 N–H and O–H groups in total. The molecule has 1 amide bonds. The summed E-state index contributed by atoms with van der Waals surface area (Å²) in [4.78, 5) is 12.6. The highest BCUT2D eigenvalue weighted by molar-refractivity contribution is 6.05. The Labute approximate surface area is 156 Å². The average Bonchev–Trinajstić information content (AvgIpc) is 2.66. The van der Waals surface area contributed by atoms with Gasteiger partial charge in [-0.15, -0.1) is 0 Å². The van der Waals surface area contributed by atoms with Crippen molar-refractivity contribution >= 4 is 11.6 Å². The normalized spacial score (nSPS) is 10.6. The molecule has 0 bridgehead atoms.